The van der Waals surface area contributed by atoms with Crippen molar-refractivity contribution in [1.82, 2.24) is 24.9 Å². The molecular weight excluding hydrogens is 386 g/mol. The van der Waals surface area contributed by atoms with E-state index in [2.05, 4.69) is 10.2 Å². The van der Waals surface area contributed by atoms with Crippen molar-refractivity contribution in [3.05, 3.63) is 35.2 Å². The van der Waals surface area contributed by atoms with Crippen LogP contribution in [0.3, 0.4) is 0 Å². The first kappa shape index (κ1) is 20.0. The summed E-state index contributed by atoms with van der Waals surface area (Å²) in [6.45, 7) is 5.77. The van der Waals surface area contributed by atoms with Crippen LogP contribution >= 0.6 is 11.6 Å². The van der Waals surface area contributed by atoms with Crippen LogP contribution in [-0.4, -0.2) is 62.0 Å². The van der Waals surface area contributed by atoms with Gasteiger partial charge in [0.2, 0.25) is 11.8 Å². The zero-order valence-corrected chi connectivity index (χ0v) is 16.5. The van der Waals surface area contributed by atoms with Gasteiger partial charge >= 0.3 is 17.8 Å². The van der Waals surface area contributed by atoms with E-state index in [1.807, 2.05) is 13.8 Å². The minimum atomic E-state index is -0.829. The van der Waals surface area contributed by atoms with E-state index in [0.29, 0.717) is 16.8 Å². The molecule has 0 atom stereocenters. The van der Waals surface area contributed by atoms with Crippen molar-refractivity contribution in [3.63, 3.8) is 0 Å². The quantitative estimate of drug-likeness (QED) is 0.515. The highest BCUT2D eigenvalue weighted by atomic mass is 35.5. The van der Waals surface area contributed by atoms with Crippen molar-refractivity contribution in [2.24, 2.45) is 0 Å². The number of nitrogens with zero attached hydrogens (tertiary/aromatic N) is 5. The lowest BCUT2D eigenvalue weighted by atomic mass is 10.2. The second-order valence-electron chi connectivity index (χ2n) is 6.56. The topological polar surface area (TPSA) is 99.9 Å². The van der Waals surface area contributed by atoms with Crippen LogP contribution in [0.4, 0.5) is 4.79 Å². The number of likely N-dealkylation sites (N-methyl/N-ethyl adjacent to an activating group) is 1. The third kappa shape index (κ3) is 3.90. The molecule has 28 heavy (non-hydrogen) atoms. The molecule has 3 rings (SSSR count). The maximum atomic E-state index is 12.3. The van der Waals surface area contributed by atoms with Crippen molar-refractivity contribution in [2.45, 2.75) is 33.4 Å². The zero-order valence-electron chi connectivity index (χ0n) is 15.8. The van der Waals surface area contributed by atoms with Gasteiger partial charge in [-0.1, -0.05) is 11.6 Å². The number of urea groups is 1. The number of aromatic nitrogens is 2. The molecule has 2 heterocycles. The highest BCUT2D eigenvalue weighted by Gasteiger charge is 2.44. The maximum Gasteiger partial charge on any atom is 0.335 e. The van der Waals surface area contributed by atoms with Crippen LogP contribution in [-0.2, 0) is 16.1 Å². The largest absolute Gasteiger partial charge is 0.419 e. The Hall–Kier alpha value is -2.78. The summed E-state index contributed by atoms with van der Waals surface area (Å²) in [6.07, 6.45) is 0. The van der Waals surface area contributed by atoms with Crippen LogP contribution in [0.1, 0.15) is 26.7 Å². The predicted molar refractivity (Wildman–Crippen MR) is 99.9 cm³/mol. The Morgan fingerprint density at radius 1 is 1.07 bits per heavy atom. The second-order valence-corrected chi connectivity index (χ2v) is 6.99. The fraction of sp³-hybridized carbons (Fsp3) is 0.389. The zero-order chi connectivity index (χ0) is 20.4. The molecule has 0 aliphatic carbocycles. The second kappa shape index (κ2) is 8.07. The molecule has 0 radical (unpaired) electrons. The molecule has 1 aromatic heterocycles. The lowest BCUT2D eigenvalue weighted by molar-refractivity contribution is -0.144. The fourth-order valence-corrected chi connectivity index (χ4v) is 2.86. The van der Waals surface area contributed by atoms with Crippen LogP contribution in [0, 0.1) is 0 Å². The van der Waals surface area contributed by atoms with Gasteiger partial charge in [-0.2, -0.15) is 0 Å². The van der Waals surface area contributed by atoms with Crippen molar-refractivity contribution in [3.8, 4) is 11.5 Å². The van der Waals surface area contributed by atoms with E-state index in [4.69, 9.17) is 16.0 Å². The van der Waals surface area contributed by atoms with Gasteiger partial charge in [0.05, 0.1) is 13.2 Å². The highest BCUT2D eigenvalue weighted by Crippen LogP contribution is 2.21. The first-order valence-electron chi connectivity index (χ1n) is 8.81. The molecule has 10 heteroatoms. The standard InChI is InChI=1S/C18H20ClN5O4/c1-4-23-16(25)17(26)24(18(23)27)10-22(11(2)3)9-14-20-21-15(28-14)12-5-7-13(19)8-6-12/h5-8,11H,4,9-10H2,1-3H3. The Balaban J connectivity index is 1.74. The molecule has 0 saturated carbocycles. The minimum absolute atomic E-state index is 0.0442. The van der Waals surface area contributed by atoms with Crippen molar-refractivity contribution >= 4 is 29.4 Å². The van der Waals surface area contributed by atoms with Crippen LogP contribution in [0.25, 0.3) is 11.5 Å². The van der Waals surface area contributed by atoms with Gasteiger partial charge in [-0.3, -0.25) is 19.4 Å². The molecule has 0 spiro atoms. The molecule has 0 bridgehead atoms. The Morgan fingerprint density at radius 3 is 2.29 bits per heavy atom. The highest BCUT2D eigenvalue weighted by molar-refractivity contribution is 6.44. The number of imide groups is 2. The van der Waals surface area contributed by atoms with Crippen molar-refractivity contribution < 1.29 is 18.8 Å². The van der Waals surface area contributed by atoms with Gasteiger partial charge in [0.25, 0.3) is 0 Å². The van der Waals surface area contributed by atoms with Gasteiger partial charge in [-0.05, 0) is 45.0 Å². The van der Waals surface area contributed by atoms with Gasteiger partial charge in [0.1, 0.15) is 0 Å². The number of benzene rings is 1. The maximum absolute atomic E-state index is 12.3. The molecule has 1 aliphatic heterocycles. The molecular formula is C18H20ClN5O4. The summed E-state index contributed by atoms with van der Waals surface area (Å²) < 4.78 is 5.70. The summed E-state index contributed by atoms with van der Waals surface area (Å²) in [5.41, 5.74) is 0.730. The average Bonchev–Trinajstić information content (AvgIpc) is 3.20. The SMILES string of the molecule is CCN1C(=O)C(=O)N(CN(Cc2nnc(-c3ccc(Cl)cc3)o2)C(C)C)C1=O. The average molecular weight is 406 g/mol. The van der Waals surface area contributed by atoms with E-state index < -0.39 is 17.8 Å². The van der Waals surface area contributed by atoms with Crippen LogP contribution in [0.5, 0.6) is 0 Å². The molecule has 1 fully saturated rings. The van der Waals surface area contributed by atoms with Gasteiger partial charge in [-0.15, -0.1) is 10.2 Å². The molecule has 1 aromatic carbocycles. The lowest BCUT2D eigenvalue weighted by Crippen LogP contribution is -2.44. The summed E-state index contributed by atoms with van der Waals surface area (Å²) in [5.74, 6) is -0.962. The van der Waals surface area contributed by atoms with Gasteiger partial charge in [0, 0.05) is 23.2 Å². The Labute approximate surface area is 166 Å². The molecule has 0 N–H and O–H groups in total. The number of carbonyl (C=O) groups is 3. The monoisotopic (exact) mass is 405 g/mol. The molecule has 148 valence electrons. The number of amides is 4. The number of carbonyl (C=O) groups excluding carboxylic acids is 3. The van der Waals surface area contributed by atoms with Crippen LogP contribution in [0.2, 0.25) is 5.02 Å². The molecule has 4 amide bonds. The fourth-order valence-electron chi connectivity index (χ4n) is 2.73. The number of rotatable bonds is 7. The van der Waals surface area contributed by atoms with Gasteiger partial charge in [0.15, 0.2) is 0 Å². The van der Waals surface area contributed by atoms with E-state index >= 15 is 0 Å². The lowest BCUT2D eigenvalue weighted by Gasteiger charge is -2.28. The van der Waals surface area contributed by atoms with E-state index in [0.717, 1.165) is 15.4 Å². The molecule has 1 saturated heterocycles. The minimum Gasteiger partial charge on any atom is -0.419 e. The van der Waals surface area contributed by atoms with Gasteiger partial charge in [-0.25, -0.2) is 9.69 Å². The molecule has 2 aromatic rings. The molecule has 0 unspecified atom stereocenters. The summed E-state index contributed by atoms with van der Waals surface area (Å²) in [7, 11) is 0. The number of hydrogen-bond donors (Lipinski definition) is 0. The Kier molecular flexibility index (Phi) is 5.76. The van der Waals surface area contributed by atoms with Gasteiger partial charge < -0.3 is 4.42 Å². The molecule has 9 nitrogen and oxygen atoms in total. The van der Waals surface area contributed by atoms with E-state index in [-0.39, 0.29) is 25.8 Å². The Bertz CT molecular complexity index is 896. The smallest absolute Gasteiger partial charge is 0.335 e. The van der Waals surface area contributed by atoms with Crippen molar-refractivity contribution in [2.75, 3.05) is 13.2 Å². The summed E-state index contributed by atoms with van der Waals surface area (Å²) >= 11 is 5.88. The van der Waals surface area contributed by atoms with E-state index in [1.165, 1.54) is 0 Å². The predicted octanol–water partition coefficient (Wildman–Crippen LogP) is 2.37. The first-order chi connectivity index (χ1) is 13.3. The summed E-state index contributed by atoms with van der Waals surface area (Å²) in [6, 6.07) is 6.33. The third-order valence-corrected chi connectivity index (χ3v) is 4.65. The molecule has 1 aliphatic rings. The third-order valence-electron chi connectivity index (χ3n) is 4.40. The van der Waals surface area contributed by atoms with E-state index in [1.54, 1.807) is 36.1 Å². The Morgan fingerprint density at radius 2 is 1.71 bits per heavy atom. The number of hydrogen-bond acceptors (Lipinski definition) is 7. The summed E-state index contributed by atoms with van der Waals surface area (Å²) in [5, 5.41) is 8.67. The summed E-state index contributed by atoms with van der Waals surface area (Å²) in [4.78, 5) is 40.0. The first-order valence-corrected chi connectivity index (χ1v) is 9.19. The van der Waals surface area contributed by atoms with Crippen LogP contribution in [0.15, 0.2) is 28.7 Å². The van der Waals surface area contributed by atoms with Crippen LogP contribution < -0.4 is 0 Å². The number of halogens is 1. The van der Waals surface area contributed by atoms with Crippen molar-refractivity contribution in [1.29, 1.82) is 0 Å². The normalized spacial score (nSPS) is 14.9. The van der Waals surface area contributed by atoms with E-state index in [9.17, 15) is 14.4 Å².